The smallest absolute Gasteiger partial charge is 0.334 e. The van der Waals surface area contributed by atoms with Crippen LogP contribution < -0.4 is 0 Å². The molecule has 0 aliphatic rings. The van der Waals surface area contributed by atoms with Crippen LogP contribution in [0.2, 0.25) is 0 Å². The van der Waals surface area contributed by atoms with Crippen LogP contribution in [0.15, 0.2) is 4.99 Å². The van der Waals surface area contributed by atoms with Crippen molar-refractivity contribution in [2.75, 3.05) is 13.2 Å². The number of hydrogen-bond acceptors (Lipinski definition) is 5. The first-order valence-corrected chi connectivity index (χ1v) is 6.28. The van der Waals surface area contributed by atoms with Crippen LogP contribution in [0, 0.1) is 0 Å². The summed E-state index contributed by atoms with van der Waals surface area (Å²) in [6.45, 7) is 8.04. The number of isocyanates is 1. The van der Waals surface area contributed by atoms with Gasteiger partial charge in [0.1, 0.15) is 0 Å². The van der Waals surface area contributed by atoms with Gasteiger partial charge in [0.25, 0.3) is 0 Å². The van der Waals surface area contributed by atoms with Crippen molar-refractivity contribution in [1.29, 1.82) is 0 Å². The van der Waals surface area contributed by atoms with Crippen molar-refractivity contribution in [2.45, 2.75) is 58.6 Å². The summed E-state index contributed by atoms with van der Waals surface area (Å²) in [5.41, 5.74) is -0.390. The Kier molecular flexibility index (Phi) is 8.25. The lowest BCUT2D eigenvalue weighted by Gasteiger charge is -2.21. The highest BCUT2D eigenvalue weighted by molar-refractivity contribution is 5.77. The maximum atomic E-state index is 11.6. The van der Waals surface area contributed by atoms with Gasteiger partial charge in [-0.1, -0.05) is 19.8 Å². The normalized spacial score (nSPS) is 12.7. The molecule has 0 aromatic rings. The van der Waals surface area contributed by atoms with Crippen molar-refractivity contribution in [3.63, 3.8) is 0 Å². The Morgan fingerprint density at radius 1 is 1.33 bits per heavy atom. The van der Waals surface area contributed by atoms with Gasteiger partial charge in [-0.2, -0.15) is 4.99 Å². The Morgan fingerprint density at radius 3 is 2.50 bits per heavy atom. The van der Waals surface area contributed by atoms with E-state index in [0.717, 1.165) is 19.3 Å². The molecule has 0 aliphatic carbocycles. The summed E-state index contributed by atoms with van der Waals surface area (Å²) < 4.78 is 10.5. The molecule has 0 aliphatic heterocycles. The van der Waals surface area contributed by atoms with Crippen molar-refractivity contribution in [2.24, 2.45) is 4.99 Å². The van der Waals surface area contributed by atoms with Gasteiger partial charge in [-0.25, -0.2) is 9.59 Å². The number of carbonyl (C=O) groups is 1. The highest BCUT2D eigenvalue weighted by Crippen LogP contribution is 2.09. The molecular formula is C13H23NO4. The number of nitrogens with zero attached hydrogens (tertiary/aromatic N) is 1. The van der Waals surface area contributed by atoms with Crippen LogP contribution in [0.3, 0.4) is 0 Å². The fraction of sp³-hybridized carbons (Fsp3) is 0.846. The lowest BCUT2D eigenvalue weighted by atomic mass is 10.2. The van der Waals surface area contributed by atoms with Gasteiger partial charge in [0, 0.05) is 0 Å². The van der Waals surface area contributed by atoms with Gasteiger partial charge in [-0.15, -0.1) is 0 Å². The third-order valence-electron chi connectivity index (χ3n) is 2.15. The van der Waals surface area contributed by atoms with E-state index in [2.05, 4.69) is 11.9 Å². The molecular weight excluding hydrogens is 234 g/mol. The molecule has 0 aromatic heterocycles. The van der Waals surface area contributed by atoms with Crippen LogP contribution >= 0.6 is 0 Å². The van der Waals surface area contributed by atoms with Crippen LogP contribution in [-0.2, 0) is 19.1 Å². The second-order valence-corrected chi connectivity index (χ2v) is 5.03. The van der Waals surface area contributed by atoms with E-state index in [4.69, 9.17) is 9.47 Å². The summed E-state index contributed by atoms with van der Waals surface area (Å²) in [7, 11) is 0. The fourth-order valence-corrected chi connectivity index (χ4v) is 1.17. The topological polar surface area (TPSA) is 65.0 Å². The zero-order valence-electron chi connectivity index (χ0n) is 11.7. The van der Waals surface area contributed by atoms with Gasteiger partial charge >= 0.3 is 5.97 Å². The zero-order valence-corrected chi connectivity index (χ0v) is 11.7. The first kappa shape index (κ1) is 16.8. The minimum Gasteiger partial charge on any atom is -0.464 e. The maximum absolute atomic E-state index is 11.6. The highest BCUT2D eigenvalue weighted by atomic mass is 16.5. The van der Waals surface area contributed by atoms with Gasteiger partial charge in [-0.3, -0.25) is 0 Å². The third-order valence-corrected chi connectivity index (χ3v) is 2.15. The van der Waals surface area contributed by atoms with Crippen molar-refractivity contribution in [3.05, 3.63) is 0 Å². The molecule has 1 atom stereocenters. The van der Waals surface area contributed by atoms with Crippen molar-refractivity contribution in [3.8, 4) is 0 Å². The van der Waals surface area contributed by atoms with E-state index in [1.54, 1.807) is 0 Å². The molecule has 5 nitrogen and oxygen atoms in total. The van der Waals surface area contributed by atoms with E-state index in [-0.39, 0.29) is 12.2 Å². The number of unbranched alkanes of at least 4 members (excludes halogenated alkanes) is 2. The fourth-order valence-electron chi connectivity index (χ4n) is 1.17. The quantitative estimate of drug-likeness (QED) is 0.289. The van der Waals surface area contributed by atoms with Crippen molar-refractivity contribution in [1.82, 2.24) is 0 Å². The minimum absolute atomic E-state index is 0.0331. The second-order valence-electron chi connectivity index (χ2n) is 5.03. The number of rotatable bonds is 8. The Hall–Kier alpha value is -1.19. The van der Waals surface area contributed by atoms with E-state index >= 15 is 0 Å². The van der Waals surface area contributed by atoms with Gasteiger partial charge in [0.05, 0.1) is 18.8 Å². The summed E-state index contributed by atoms with van der Waals surface area (Å²) in [6, 6.07) is -0.914. The molecule has 0 aromatic carbocycles. The second kappa shape index (κ2) is 8.84. The summed E-state index contributed by atoms with van der Waals surface area (Å²) in [5, 5.41) is 0. The lowest BCUT2D eigenvalue weighted by Crippen LogP contribution is -2.31. The van der Waals surface area contributed by atoms with Crippen LogP contribution in [0.1, 0.15) is 47.0 Å². The van der Waals surface area contributed by atoms with Crippen LogP contribution in [0.25, 0.3) is 0 Å². The molecule has 0 bridgehead atoms. The summed E-state index contributed by atoms with van der Waals surface area (Å²) in [5.74, 6) is -0.529. The van der Waals surface area contributed by atoms with E-state index < -0.39 is 12.0 Å². The molecule has 5 heteroatoms. The molecule has 0 rings (SSSR count). The molecule has 0 spiro atoms. The first-order valence-electron chi connectivity index (χ1n) is 6.28. The highest BCUT2D eigenvalue weighted by Gasteiger charge is 2.22. The van der Waals surface area contributed by atoms with Gasteiger partial charge in [0.15, 0.2) is 6.04 Å². The van der Waals surface area contributed by atoms with Crippen LogP contribution in [0.4, 0.5) is 0 Å². The van der Waals surface area contributed by atoms with Gasteiger partial charge in [-0.05, 0) is 27.2 Å². The average Bonchev–Trinajstić information content (AvgIpc) is 2.28. The largest absolute Gasteiger partial charge is 0.464 e. The number of carbonyl (C=O) groups excluding carboxylic acids is 2. The average molecular weight is 257 g/mol. The number of esters is 1. The summed E-state index contributed by atoms with van der Waals surface area (Å²) in [6.07, 6.45) is 4.26. The molecule has 0 heterocycles. The maximum Gasteiger partial charge on any atom is 0.334 e. The predicted molar refractivity (Wildman–Crippen MR) is 68.1 cm³/mol. The van der Waals surface area contributed by atoms with E-state index in [1.165, 1.54) is 6.08 Å². The van der Waals surface area contributed by atoms with Crippen LogP contribution in [-0.4, -0.2) is 36.9 Å². The Morgan fingerprint density at radius 2 is 2.00 bits per heavy atom. The zero-order chi connectivity index (χ0) is 14.0. The first-order chi connectivity index (χ1) is 8.40. The molecule has 0 N–H and O–H groups in total. The molecule has 0 radical (unpaired) electrons. The summed E-state index contributed by atoms with van der Waals surface area (Å²) >= 11 is 0. The van der Waals surface area contributed by atoms with Gasteiger partial charge < -0.3 is 9.47 Å². The summed E-state index contributed by atoms with van der Waals surface area (Å²) in [4.78, 5) is 25.3. The predicted octanol–water partition coefficient (Wildman–Crippen LogP) is 2.24. The SMILES string of the molecule is CCCCCOC(=O)[C@H](COC(C)(C)C)N=C=O. The number of ether oxygens (including phenoxy) is 2. The van der Waals surface area contributed by atoms with E-state index in [0.29, 0.717) is 6.61 Å². The Balaban J connectivity index is 4.15. The Labute approximate surface area is 109 Å². The molecule has 0 saturated carbocycles. The molecule has 104 valence electrons. The minimum atomic E-state index is -0.914. The Bertz CT molecular complexity index is 290. The van der Waals surface area contributed by atoms with Crippen molar-refractivity contribution < 1.29 is 19.1 Å². The van der Waals surface area contributed by atoms with E-state index in [1.807, 2.05) is 20.8 Å². The monoisotopic (exact) mass is 257 g/mol. The van der Waals surface area contributed by atoms with Crippen LogP contribution in [0.5, 0.6) is 0 Å². The number of hydrogen-bond donors (Lipinski definition) is 0. The molecule has 0 saturated heterocycles. The third kappa shape index (κ3) is 8.90. The van der Waals surface area contributed by atoms with E-state index in [9.17, 15) is 9.59 Å². The number of aliphatic imine (C=N–C) groups is 1. The molecule has 0 fully saturated rings. The standard InChI is InChI=1S/C13H23NO4/c1-5-6-7-8-17-12(16)11(14-10-15)9-18-13(2,3)4/h11H,5-9H2,1-4H3/t11-/m0/s1. The lowest BCUT2D eigenvalue weighted by molar-refractivity contribution is -0.148. The molecule has 18 heavy (non-hydrogen) atoms. The molecule has 0 amide bonds. The van der Waals surface area contributed by atoms with Gasteiger partial charge in [0.2, 0.25) is 6.08 Å². The van der Waals surface area contributed by atoms with Crippen molar-refractivity contribution >= 4 is 12.0 Å². The molecule has 0 unspecified atom stereocenters.